The van der Waals surface area contributed by atoms with Crippen LogP contribution in [0.4, 0.5) is 5.69 Å². The summed E-state index contributed by atoms with van der Waals surface area (Å²) in [5.74, 6) is -1.46. The third kappa shape index (κ3) is 5.58. The maximum Gasteiger partial charge on any atom is 0.255 e. The molecule has 1 rings (SSSR count). The number of halogens is 3. The number of nitrogens with one attached hydrogen (secondary N) is 2. The molecule has 1 atom stereocenters. The van der Waals surface area contributed by atoms with Crippen molar-refractivity contribution >= 4 is 85.3 Å². The molecular formula is C14H17I3N2O7. The Morgan fingerprint density at radius 3 is 1.96 bits per heavy atom. The minimum absolute atomic E-state index is 0.149. The smallest absolute Gasteiger partial charge is 0.255 e. The van der Waals surface area contributed by atoms with Gasteiger partial charge in [0.2, 0.25) is 0 Å². The Morgan fingerprint density at radius 2 is 1.50 bits per heavy atom. The largest absolute Gasteiger partial charge is 0.394 e. The normalized spacial score (nSPS) is 12.2. The first-order valence-electron chi connectivity index (χ1n) is 7.15. The van der Waals surface area contributed by atoms with Crippen LogP contribution < -0.4 is 10.6 Å². The first-order chi connectivity index (χ1) is 12.2. The van der Waals surface area contributed by atoms with Gasteiger partial charge in [0.15, 0.2) is 6.10 Å². The van der Waals surface area contributed by atoms with E-state index in [1.165, 1.54) is 0 Å². The summed E-state index contributed by atoms with van der Waals surface area (Å²) in [5.41, 5.74) is 0.759. The zero-order valence-electron chi connectivity index (χ0n) is 13.2. The predicted molar refractivity (Wildman–Crippen MR) is 118 cm³/mol. The van der Waals surface area contributed by atoms with Gasteiger partial charge in [-0.25, -0.2) is 0 Å². The summed E-state index contributed by atoms with van der Waals surface area (Å²) in [7, 11) is 0. The van der Waals surface area contributed by atoms with E-state index in [9.17, 15) is 19.8 Å². The van der Waals surface area contributed by atoms with Crippen molar-refractivity contribution in [1.82, 2.24) is 5.32 Å². The van der Waals surface area contributed by atoms with Crippen molar-refractivity contribution in [3.63, 3.8) is 0 Å². The van der Waals surface area contributed by atoms with Crippen LogP contribution >= 0.6 is 67.8 Å². The number of carbonyl (C=O) groups excluding carboxylic acids is 2. The minimum Gasteiger partial charge on any atom is -0.394 e. The highest BCUT2D eigenvalue weighted by Gasteiger charge is 2.27. The van der Waals surface area contributed by atoms with Crippen LogP contribution in [0.2, 0.25) is 0 Å². The quantitative estimate of drug-likeness (QED) is 0.178. The molecule has 1 unspecified atom stereocenters. The van der Waals surface area contributed by atoms with Gasteiger partial charge in [-0.3, -0.25) is 9.59 Å². The van der Waals surface area contributed by atoms with Crippen molar-refractivity contribution in [2.75, 3.05) is 25.1 Å². The van der Waals surface area contributed by atoms with Crippen LogP contribution in [0.3, 0.4) is 0 Å². The van der Waals surface area contributed by atoms with Crippen LogP contribution in [0, 0.1) is 10.7 Å². The summed E-state index contributed by atoms with van der Waals surface area (Å²) in [6, 6.07) is -0.861. The number of hydrogen-bond acceptors (Lipinski definition) is 7. The third-order valence-electron chi connectivity index (χ3n) is 3.29. The Kier molecular flexibility index (Phi) is 10.4. The molecule has 0 aliphatic carbocycles. The molecule has 1 aromatic carbocycles. The maximum absolute atomic E-state index is 12.6. The number of carbonyl (C=O) groups is 2. The monoisotopic (exact) mass is 706 g/mol. The molecule has 1 aromatic rings. The molecule has 0 aliphatic rings. The first kappa shape index (κ1) is 24.2. The van der Waals surface area contributed by atoms with Gasteiger partial charge in [0.1, 0.15) is 0 Å². The Morgan fingerprint density at radius 1 is 0.923 bits per heavy atom. The van der Waals surface area contributed by atoms with Gasteiger partial charge >= 0.3 is 0 Å². The van der Waals surface area contributed by atoms with Crippen LogP contribution in [0.5, 0.6) is 0 Å². The summed E-state index contributed by atoms with van der Waals surface area (Å²) in [6.45, 7) is -2.08. The van der Waals surface area contributed by atoms with Crippen molar-refractivity contribution in [3.8, 4) is 0 Å². The molecule has 146 valence electrons. The molecule has 2 amide bonds. The molecule has 0 saturated heterocycles. The van der Waals surface area contributed by atoms with Crippen LogP contribution in [0.25, 0.3) is 0 Å². The number of hydrogen-bond donors (Lipinski definition) is 7. The molecule has 7 N–H and O–H groups in total. The maximum atomic E-state index is 12.6. The number of aliphatic hydroxyl groups is 5. The fraction of sp³-hybridized carbons (Fsp3) is 0.429. The van der Waals surface area contributed by atoms with E-state index in [2.05, 4.69) is 10.6 Å². The summed E-state index contributed by atoms with van der Waals surface area (Å²) >= 11 is 5.64. The fourth-order valence-electron chi connectivity index (χ4n) is 1.86. The van der Waals surface area contributed by atoms with Crippen molar-refractivity contribution in [3.05, 3.63) is 21.8 Å². The minimum atomic E-state index is -1.64. The highest BCUT2D eigenvalue weighted by Crippen LogP contribution is 2.35. The molecule has 0 spiro atoms. The lowest BCUT2D eigenvalue weighted by atomic mass is 10.1. The summed E-state index contributed by atoms with van der Waals surface area (Å²) in [6.07, 6.45) is -1.64. The van der Waals surface area contributed by atoms with Gasteiger partial charge in [-0.05, 0) is 67.8 Å². The van der Waals surface area contributed by atoms with Gasteiger partial charge < -0.3 is 36.2 Å². The molecule has 0 radical (unpaired) electrons. The van der Waals surface area contributed by atoms with E-state index in [-0.39, 0.29) is 11.3 Å². The van der Waals surface area contributed by atoms with E-state index in [0.29, 0.717) is 16.3 Å². The van der Waals surface area contributed by atoms with Crippen molar-refractivity contribution in [1.29, 1.82) is 0 Å². The number of amides is 2. The summed E-state index contributed by atoms with van der Waals surface area (Å²) in [4.78, 5) is 24.5. The van der Waals surface area contributed by atoms with Crippen LogP contribution in [-0.4, -0.2) is 69.3 Å². The number of rotatable bonds is 8. The Labute approximate surface area is 190 Å². The number of anilines is 1. The molecule has 0 aliphatic heterocycles. The molecule has 0 saturated carbocycles. The van der Waals surface area contributed by atoms with Gasteiger partial charge in [0.05, 0.1) is 47.3 Å². The molecule has 0 aromatic heterocycles. The lowest BCUT2D eigenvalue weighted by Crippen LogP contribution is -2.41. The average molecular weight is 706 g/mol. The van der Waals surface area contributed by atoms with E-state index >= 15 is 0 Å². The Hall–Kier alpha value is 0.150. The standard InChI is InChI=1S/C14H17I3N2O7/c15-9-6(3-22)10(16)12(19-13(25)7(24)4-23)11(17)8(9)14(26)18-5(1-20)2-21/h5,7,20-24H,1-4H2,(H,18,26)(H,19,25). The molecular weight excluding hydrogens is 689 g/mol. The van der Waals surface area contributed by atoms with Crippen molar-refractivity contribution in [2.24, 2.45) is 0 Å². The van der Waals surface area contributed by atoms with E-state index in [0.717, 1.165) is 0 Å². The van der Waals surface area contributed by atoms with E-state index in [4.69, 9.17) is 15.3 Å². The summed E-state index contributed by atoms with van der Waals surface area (Å²) in [5, 5.41) is 51.2. The lowest BCUT2D eigenvalue weighted by molar-refractivity contribution is -0.125. The van der Waals surface area contributed by atoms with Gasteiger partial charge in [0.25, 0.3) is 11.8 Å². The zero-order valence-corrected chi connectivity index (χ0v) is 19.6. The van der Waals surface area contributed by atoms with E-state index < -0.39 is 50.4 Å². The highest BCUT2D eigenvalue weighted by molar-refractivity contribution is 14.1. The second kappa shape index (κ2) is 11.2. The van der Waals surface area contributed by atoms with Crippen LogP contribution in [-0.2, 0) is 11.4 Å². The second-order valence-electron chi connectivity index (χ2n) is 5.05. The van der Waals surface area contributed by atoms with Crippen LogP contribution in [0.15, 0.2) is 0 Å². The molecule has 9 nitrogen and oxygen atoms in total. The average Bonchev–Trinajstić information content (AvgIpc) is 2.62. The van der Waals surface area contributed by atoms with Gasteiger partial charge in [0, 0.05) is 12.7 Å². The number of aliphatic hydroxyl groups excluding tert-OH is 5. The Bertz CT molecular complexity index is 683. The predicted octanol–water partition coefficient (Wildman–Crippen LogP) is -0.633. The third-order valence-corrected chi connectivity index (χ3v) is 6.75. The summed E-state index contributed by atoms with van der Waals surface area (Å²) < 4.78 is 1.28. The van der Waals surface area contributed by atoms with E-state index in [1.54, 1.807) is 0 Å². The molecule has 0 heterocycles. The topological polar surface area (TPSA) is 159 Å². The van der Waals surface area contributed by atoms with Crippen molar-refractivity contribution in [2.45, 2.75) is 18.8 Å². The fourth-order valence-corrected chi connectivity index (χ4v) is 6.13. The molecule has 0 fully saturated rings. The first-order valence-corrected chi connectivity index (χ1v) is 10.4. The Balaban J connectivity index is 3.45. The molecule has 0 bridgehead atoms. The molecule has 26 heavy (non-hydrogen) atoms. The number of benzene rings is 1. The second-order valence-corrected chi connectivity index (χ2v) is 8.29. The molecule has 12 heteroatoms. The zero-order chi connectivity index (χ0) is 20.0. The van der Waals surface area contributed by atoms with Gasteiger partial charge in [-0.1, -0.05) is 0 Å². The van der Waals surface area contributed by atoms with E-state index in [1.807, 2.05) is 67.8 Å². The van der Waals surface area contributed by atoms with Crippen molar-refractivity contribution < 1.29 is 35.1 Å². The van der Waals surface area contributed by atoms with Crippen LogP contribution in [0.1, 0.15) is 15.9 Å². The van der Waals surface area contributed by atoms with Gasteiger partial charge in [-0.15, -0.1) is 0 Å². The highest BCUT2D eigenvalue weighted by atomic mass is 127. The lowest BCUT2D eigenvalue weighted by Gasteiger charge is -2.21. The SMILES string of the molecule is O=C(NC(CO)CO)c1c(I)c(CO)c(I)c(NC(=O)C(O)CO)c1I. The van der Waals surface area contributed by atoms with Gasteiger partial charge in [-0.2, -0.15) is 0 Å².